The molecule has 1 aliphatic heterocycles. The second-order valence-corrected chi connectivity index (χ2v) is 4.43. The SMILES string of the molecule is CCC1(C(=O)O)CCC(=O)N1c1cc(C#N)ccn1. The zero-order valence-corrected chi connectivity index (χ0v) is 10.5. The Bertz CT molecular complexity index is 579. The van der Waals surface area contributed by atoms with Gasteiger partial charge < -0.3 is 5.11 Å². The average Bonchev–Trinajstić information content (AvgIpc) is 2.77. The Morgan fingerprint density at radius 2 is 2.42 bits per heavy atom. The van der Waals surface area contributed by atoms with Gasteiger partial charge in [-0.15, -0.1) is 0 Å². The van der Waals surface area contributed by atoms with E-state index in [0.29, 0.717) is 12.0 Å². The number of carbonyl (C=O) groups is 2. The van der Waals surface area contributed by atoms with Crippen molar-refractivity contribution >= 4 is 17.7 Å². The van der Waals surface area contributed by atoms with E-state index in [1.807, 2.05) is 6.07 Å². The fourth-order valence-electron chi connectivity index (χ4n) is 2.42. The lowest BCUT2D eigenvalue weighted by Gasteiger charge is -2.33. The van der Waals surface area contributed by atoms with E-state index in [1.54, 1.807) is 6.92 Å². The molecule has 1 aromatic rings. The zero-order chi connectivity index (χ0) is 14.0. The number of carboxylic acid groups (broad SMARTS) is 1. The van der Waals surface area contributed by atoms with Gasteiger partial charge in [-0.3, -0.25) is 9.69 Å². The number of carbonyl (C=O) groups excluding carboxylic acids is 1. The predicted molar refractivity (Wildman–Crippen MR) is 66.3 cm³/mol. The molecule has 1 N–H and O–H groups in total. The Labute approximate surface area is 110 Å². The Morgan fingerprint density at radius 1 is 1.68 bits per heavy atom. The van der Waals surface area contributed by atoms with Gasteiger partial charge in [0.2, 0.25) is 5.91 Å². The molecule has 1 unspecified atom stereocenters. The standard InChI is InChI=1S/C13H13N3O3/c1-2-13(12(18)19)5-3-11(17)16(13)10-7-9(8-14)4-6-15-10/h4,6-7H,2-3,5H2,1H3,(H,18,19). The Hall–Kier alpha value is -2.42. The molecule has 6 nitrogen and oxygen atoms in total. The summed E-state index contributed by atoms with van der Waals surface area (Å²) >= 11 is 0. The summed E-state index contributed by atoms with van der Waals surface area (Å²) in [5.74, 6) is -1.08. The number of hydrogen-bond donors (Lipinski definition) is 1. The molecule has 1 fully saturated rings. The number of nitrogens with zero attached hydrogens (tertiary/aromatic N) is 3. The van der Waals surface area contributed by atoms with Gasteiger partial charge >= 0.3 is 5.97 Å². The zero-order valence-electron chi connectivity index (χ0n) is 10.5. The minimum Gasteiger partial charge on any atom is -0.479 e. The Kier molecular flexibility index (Phi) is 3.21. The largest absolute Gasteiger partial charge is 0.479 e. The highest BCUT2D eigenvalue weighted by molar-refractivity contribution is 6.04. The molecule has 0 radical (unpaired) electrons. The van der Waals surface area contributed by atoms with Gasteiger partial charge in [0.25, 0.3) is 0 Å². The number of amides is 1. The van der Waals surface area contributed by atoms with Crippen LogP contribution in [0.15, 0.2) is 18.3 Å². The number of nitriles is 1. The third kappa shape index (κ3) is 1.93. The first-order valence-electron chi connectivity index (χ1n) is 5.98. The van der Waals surface area contributed by atoms with Crippen molar-refractivity contribution in [3.05, 3.63) is 23.9 Å². The van der Waals surface area contributed by atoms with Gasteiger partial charge in [-0.1, -0.05) is 6.92 Å². The number of pyridine rings is 1. The van der Waals surface area contributed by atoms with Crippen molar-refractivity contribution < 1.29 is 14.7 Å². The number of anilines is 1. The Morgan fingerprint density at radius 3 is 3.00 bits per heavy atom. The van der Waals surface area contributed by atoms with Crippen molar-refractivity contribution in [1.82, 2.24) is 4.98 Å². The lowest BCUT2D eigenvalue weighted by molar-refractivity contribution is -0.143. The van der Waals surface area contributed by atoms with Crippen LogP contribution in [0.1, 0.15) is 31.7 Å². The van der Waals surface area contributed by atoms with Gasteiger partial charge in [-0.25, -0.2) is 9.78 Å². The van der Waals surface area contributed by atoms with E-state index in [2.05, 4.69) is 4.98 Å². The molecule has 1 saturated heterocycles. The number of aliphatic carboxylic acids is 1. The maximum atomic E-state index is 12.0. The molecule has 0 bridgehead atoms. The number of rotatable bonds is 3. The van der Waals surface area contributed by atoms with E-state index in [0.717, 1.165) is 0 Å². The van der Waals surface area contributed by atoms with E-state index < -0.39 is 11.5 Å². The van der Waals surface area contributed by atoms with Crippen LogP contribution >= 0.6 is 0 Å². The first-order chi connectivity index (χ1) is 9.05. The highest BCUT2D eigenvalue weighted by atomic mass is 16.4. The summed E-state index contributed by atoms with van der Waals surface area (Å²) in [5, 5.41) is 18.3. The van der Waals surface area contributed by atoms with Gasteiger partial charge in [-0.05, 0) is 25.0 Å². The molecule has 0 aromatic carbocycles. The summed E-state index contributed by atoms with van der Waals surface area (Å²) in [6, 6.07) is 4.91. The second kappa shape index (κ2) is 4.69. The quantitative estimate of drug-likeness (QED) is 0.883. The summed E-state index contributed by atoms with van der Waals surface area (Å²) in [6.07, 6.45) is 2.14. The summed E-state index contributed by atoms with van der Waals surface area (Å²) in [7, 11) is 0. The van der Waals surface area contributed by atoms with Crippen LogP contribution < -0.4 is 4.90 Å². The molecule has 0 saturated carbocycles. The summed E-state index contributed by atoms with van der Waals surface area (Å²) < 4.78 is 0. The maximum absolute atomic E-state index is 12.0. The first kappa shape index (κ1) is 13.0. The van der Waals surface area contributed by atoms with Gasteiger partial charge in [0.05, 0.1) is 11.6 Å². The van der Waals surface area contributed by atoms with Gasteiger partial charge in [0.15, 0.2) is 0 Å². The minimum absolute atomic E-state index is 0.179. The summed E-state index contributed by atoms with van der Waals surface area (Å²) in [4.78, 5) is 28.8. The van der Waals surface area contributed by atoms with Gasteiger partial charge in [0.1, 0.15) is 11.4 Å². The molecule has 1 amide bonds. The lowest BCUT2D eigenvalue weighted by Crippen LogP contribution is -2.52. The third-order valence-electron chi connectivity index (χ3n) is 3.52. The van der Waals surface area contributed by atoms with Crippen LogP contribution in [0.2, 0.25) is 0 Å². The highest BCUT2D eigenvalue weighted by Crippen LogP contribution is 2.37. The molecular formula is C13H13N3O3. The minimum atomic E-state index is -1.25. The molecule has 1 atom stereocenters. The number of aromatic nitrogens is 1. The van der Waals surface area contributed by atoms with Crippen molar-refractivity contribution in [3.8, 4) is 6.07 Å². The van der Waals surface area contributed by atoms with Gasteiger partial charge in [0, 0.05) is 12.6 Å². The number of carboxylic acids is 1. The predicted octanol–water partition coefficient (Wildman–Crippen LogP) is 1.31. The third-order valence-corrected chi connectivity index (χ3v) is 3.52. The normalized spacial score (nSPS) is 22.3. The topological polar surface area (TPSA) is 94.3 Å². The van der Waals surface area contributed by atoms with Crippen LogP contribution in [-0.4, -0.2) is 27.5 Å². The van der Waals surface area contributed by atoms with Crippen LogP contribution in [0, 0.1) is 11.3 Å². The molecule has 98 valence electrons. The molecule has 0 spiro atoms. The van der Waals surface area contributed by atoms with Crippen LogP contribution in [0.4, 0.5) is 5.82 Å². The van der Waals surface area contributed by atoms with Crippen LogP contribution in [-0.2, 0) is 9.59 Å². The molecule has 19 heavy (non-hydrogen) atoms. The maximum Gasteiger partial charge on any atom is 0.330 e. The van der Waals surface area contributed by atoms with Crippen LogP contribution in [0.25, 0.3) is 0 Å². The summed E-state index contributed by atoms with van der Waals surface area (Å²) in [5.41, 5.74) is -0.905. The van der Waals surface area contributed by atoms with E-state index in [1.165, 1.54) is 23.2 Å². The molecule has 1 aromatic heterocycles. The molecule has 0 aliphatic carbocycles. The molecule has 2 heterocycles. The summed E-state index contributed by atoms with van der Waals surface area (Å²) in [6.45, 7) is 1.73. The van der Waals surface area contributed by atoms with Crippen molar-refractivity contribution in [3.63, 3.8) is 0 Å². The second-order valence-electron chi connectivity index (χ2n) is 4.43. The lowest BCUT2D eigenvalue weighted by atomic mass is 9.93. The molecular weight excluding hydrogens is 246 g/mol. The van der Waals surface area contributed by atoms with Crippen LogP contribution in [0.5, 0.6) is 0 Å². The van der Waals surface area contributed by atoms with E-state index in [9.17, 15) is 14.7 Å². The first-order valence-corrected chi connectivity index (χ1v) is 5.98. The van der Waals surface area contributed by atoms with Crippen molar-refractivity contribution in [1.29, 1.82) is 5.26 Å². The molecule has 2 rings (SSSR count). The van der Waals surface area contributed by atoms with Crippen molar-refractivity contribution in [2.45, 2.75) is 31.7 Å². The van der Waals surface area contributed by atoms with E-state index in [-0.39, 0.29) is 24.6 Å². The average molecular weight is 259 g/mol. The molecule has 6 heteroatoms. The Balaban J connectivity index is 2.53. The fraction of sp³-hybridized carbons (Fsp3) is 0.385. The highest BCUT2D eigenvalue weighted by Gasteiger charge is 2.51. The van der Waals surface area contributed by atoms with Crippen LogP contribution in [0.3, 0.4) is 0 Å². The molecule has 1 aliphatic rings. The van der Waals surface area contributed by atoms with Crippen molar-refractivity contribution in [2.24, 2.45) is 0 Å². The smallest absolute Gasteiger partial charge is 0.330 e. The van der Waals surface area contributed by atoms with E-state index in [4.69, 9.17) is 5.26 Å². The van der Waals surface area contributed by atoms with Crippen molar-refractivity contribution in [2.75, 3.05) is 4.90 Å². The number of hydrogen-bond acceptors (Lipinski definition) is 4. The fourth-order valence-corrected chi connectivity index (χ4v) is 2.42. The van der Waals surface area contributed by atoms with Gasteiger partial charge in [-0.2, -0.15) is 5.26 Å². The van der Waals surface area contributed by atoms with E-state index >= 15 is 0 Å². The monoisotopic (exact) mass is 259 g/mol.